The van der Waals surface area contributed by atoms with E-state index in [1.54, 1.807) is 11.9 Å². The molecule has 0 aliphatic heterocycles. The van der Waals surface area contributed by atoms with Gasteiger partial charge >= 0.3 is 58.4 Å². The van der Waals surface area contributed by atoms with E-state index in [1.807, 2.05) is 19.0 Å². The molecule has 7 heteroatoms. The molecule has 0 N–H and O–H groups in total. The molecule has 0 saturated heterocycles. The van der Waals surface area contributed by atoms with Gasteiger partial charge in [-0.1, -0.05) is 0 Å². The monoisotopic (exact) mass is 262 g/mol. The third-order valence-electron chi connectivity index (χ3n) is 2.08. The minimum Gasteiger partial charge on any atom is -0.445 e. The fourth-order valence-corrected chi connectivity index (χ4v) is 1.19. The molecule has 0 rings (SSSR count). The molecule has 0 spiro atoms. The molecule has 0 radical (unpaired) electrons. The molecule has 0 aliphatic carbocycles. The van der Waals surface area contributed by atoms with E-state index < -0.39 is 12.4 Å². The van der Waals surface area contributed by atoms with Crippen molar-refractivity contribution in [1.82, 2.24) is 9.80 Å². The molecule has 90 valence electrons. The fourth-order valence-electron chi connectivity index (χ4n) is 1.19. The Morgan fingerprint density at radius 1 is 1.12 bits per heavy atom. The minimum absolute atomic E-state index is 0. The predicted octanol–water partition coefficient (Wildman–Crippen LogP) is -1.18. The summed E-state index contributed by atoms with van der Waals surface area (Å²) in [6, 6.07) is 0. The molecule has 0 amide bonds. The van der Waals surface area contributed by atoms with Gasteiger partial charge in [-0.25, -0.2) is 0 Å². The predicted molar refractivity (Wildman–Crippen MR) is 58.9 cm³/mol. The van der Waals surface area contributed by atoms with Gasteiger partial charge in [0.1, 0.15) is 0 Å². The van der Waals surface area contributed by atoms with Gasteiger partial charge in [0.25, 0.3) is 0 Å². The molecule has 0 aromatic heterocycles. The van der Waals surface area contributed by atoms with Gasteiger partial charge in [0.2, 0.25) is 0 Å². The van der Waals surface area contributed by atoms with E-state index in [4.69, 9.17) is 0 Å². The Kier molecular flexibility index (Phi) is 11.1. The molecular formula is C9H19BF3KN2. The summed E-state index contributed by atoms with van der Waals surface area (Å²) in [4.78, 5) is 3.66. The summed E-state index contributed by atoms with van der Waals surface area (Å²) in [5, 5.41) is 0. The van der Waals surface area contributed by atoms with Crippen molar-refractivity contribution in [3.8, 4) is 0 Å². The summed E-state index contributed by atoms with van der Waals surface area (Å²) in [6.07, 6.45) is 0.863. The second kappa shape index (κ2) is 9.13. The molecule has 0 aromatic carbocycles. The van der Waals surface area contributed by atoms with Crippen LogP contribution >= 0.6 is 0 Å². The number of likely N-dealkylation sites (N-methyl/N-ethyl adjacent to an activating group) is 1. The van der Waals surface area contributed by atoms with E-state index in [0.717, 1.165) is 13.0 Å². The Morgan fingerprint density at radius 2 is 1.62 bits per heavy atom. The van der Waals surface area contributed by atoms with Crippen molar-refractivity contribution in [3.05, 3.63) is 12.1 Å². The summed E-state index contributed by atoms with van der Waals surface area (Å²) in [7, 11) is 5.57. The average Bonchev–Trinajstić information content (AvgIpc) is 2.01. The average molecular weight is 262 g/mol. The van der Waals surface area contributed by atoms with Crippen molar-refractivity contribution in [1.29, 1.82) is 0 Å². The quantitative estimate of drug-likeness (QED) is 0.533. The van der Waals surface area contributed by atoms with E-state index >= 15 is 0 Å². The van der Waals surface area contributed by atoms with Gasteiger partial charge < -0.3 is 22.7 Å². The van der Waals surface area contributed by atoms with Gasteiger partial charge in [0.15, 0.2) is 0 Å². The van der Waals surface area contributed by atoms with Crippen LogP contribution in [0.15, 0.2) is 12.1 Å². The van der Waals surface area contributed by atoms with E-state index in [-0.39, 0.29) is 57.9 Å². The van der Waals surface area contributed by atoms with E-state index in [9.17, 15) is 12.9 Å². The molecule has 0 aromatic rings. The van der Waals surface area contributed by atoms with E-state index in [1.165, 1.54) is 0 Å². The zero-order chi connectivity index (χ0) is 12.1. The molecule has 0 unspecified atom stereocenters. The maximum absolute atomic E-state index is 12.2. The van der Waals surface area contributed by atoms with Gasteiger partial charge in [0, 0.05) is 0 Å². The van der Waals surface area contributed by atoms with Crippen LogP contribution in [-0.4, -0.2) is 57.6 Å². The van der Waals surface area contributed by atoms with Crippen molar-refractivity contribution >= 4 is 6.98 Å². The zero-order valence-corrected chi connectivity index (χ0v) is 13.8. The normalized spacial score (nSPS) is 11.8. The van der Waals surface area contributed by atoms with Gasteiger partial charge in [-0.3, -0.25) is 0 Å². The SMILES string of the molecule is C=C(CN(C)CCCN(C)C)[B-](F)(F)F.[K+]. The minimum atomic E-state index is -4.88. The first-order valence-corrected chi connectivity index (χ1v) is 4.94. The van der Waals surface area contributed by atoms with Gasteiger partial charge in [0.05, 0.1) is 0 Å². The summed E-state index contributed by atoms with van der Waals surface area (Å²) < 4.78 is 36.6. The molecule has 0 atom stereocenters. The Bertz CT molecular complexity index is 209. The Hall–Kier alpha value is 1.15. The largest absolute Gasteiger partial charge is 1.00 e. The van der Waals surface area contributed by atoms with Crippen molar-refractivity contribution in [2.45, 2.75) is 6.42 Å². The zero-order valence-electron chi connectivity index (χ0n) is 10.6. The first-order valence-electron chi connectivity index (χ1n) is 4.94. The number of nitrogens with zero attached hydrogens (tertiary/aromatic N) is 2. The van der Waals surface area contributed by atoms with Crippen molar-refractivity contribution in [2.24, 2.45) is 0 Å². The number of rotatable bonds is 7. The van der Waals surface area contributed by atoms with Crippen LogP contribution in [0.2, 0.25) is 0 Å². The Morgan fingerprint density at radius 3 is 2.00 bits per heavy atom. The van der Waals surface area contributed by atoms with Gasteiger partial charge in [-0.05, 0) is 47.2 Å². The van der Waals surface area contributed by atoms with Crippen LogP contribution in [0, 0.1) is 0 Å². The second-order valence-corrected chi connectivity index (χ2v) is 4.13. The Balaban J connectivity index is 0. The maximum atomic E-state index is 12.2. The van der Waals surface area contributed by atoms with Crippen LogP contribution in [0.1, 0.15) is 6.42 Å². The first kappa shape index (κ1) is 19.5. The topological polar surface area (TPSA) is 6.48 Å². The third-order valence-corrected chi connectivity index (χ3v) is 2.08. The van der Waals surface area contributed by atoms with Crippen LogP contribution in [0.25, 0.3) is 0 Å². The van der Waals surface area contributed by atoms with Crippen LogP contribution in [-0.2, 0) is 0 Å². The standard InChI is InChI=1S/C9H19BF3N2.K/c1-9(10(11,12)13)8-15(4)7-5-6-14(2)3;/h1,5-8H2,2-4H3;/q-1;+1. The summed E-state index contributed by atoms with van der Waals surface area (Å²) in [5.74, 6) is 0. The van der Waals surface area contributed by atoms with Gasteiger partial charge in [-0.15, -0.1) is 12.1 Å². The summed E-state index contributed by atoms with van der Waals surface area (Å²) >= 11 is 0. The first-order chi connectivity index (χ1) is 6.73. The van der Waals surface area contributed by atoms with Crippen LogP contribution in [0.5, 0.6) is 0 Å². The molecular weight excluding hydrogens is 243 g/mol. The smallest absolute Gasteiger partial charge is 0.445 e. The van der Waals surface area contributed by atoms with Gasteiger partial charge in [-0.2, -0.15) is 0 Å². The number of hydrogen-bond donors (Lipinski definition) is 0. The van der Waals surface area contributed by atoms with Crippen LogP contribution in [0.3, 0.4) is 0 Å². The molecule has 0 aliphatic rings. The van der Waals surface area contributed by atoms with Crippen molar-refractivity contribution < 1.29 is 64.3 Å². The maximum Gasteiger partial charge on any atom is 1.00 e. The van der Waals surface area contributed by atoms with E-state index in [2.05, 4.69) is 6.58 Å². The third kappa shape index (κ3) is 10.3. The molecule has 0 fully saturated rings. The molecule has 0 saturated carbocycles. The van der Waals surface area contributed by atoms with Crippen LogP contribution < -0.4 is 51.4 Å². The van der Waals surface area contributed by atoms with Crippen molar-refractivity contribution in [2.75, 3.05) is 40.8 Å². The summed E-state index contributed by atoms with van der Waals surface area (Å²) in [6.45, 7) is -0.369. The fraction of sp³-hybridized carbons (Fsp3) is 0.778. The van der Waals surface area contributed by atoms with E-state index in [0.29, 0.717) is 6.54 Å². The van der Waals surface area contributed by atoms with Crippen LogP contribution in [0.4, 0.5) is 12.9 Å². The number of hydrogen-bond acceptors (Lipinski definition) is 2. The second-order valence-electron chi connectivity index (χ2n) is 4.13. The summed E-state index contributed by atoms with van der Waals surface area (Å²) in [5.41, 5.74) is -0.623. The molecule has 0 heterocycles. The Labute approximate surface area is 139 Å². The molecule has 2 nitrogen and oxygen atoms in total. The number of halogens is 3. The molecule has 0 bridgehead atoms. The van der Waals surface area contributed by atoms with Crippen molar-refractivity contribution in [3.63, 3.8) is 0 Å². The molecule has 16 heavy (non-hydrogen) atoms.